The van der Waals surface area contributed by atoms with E-state index in [1.807, 2.05) is 0 Å². The minimum absolute atomic E-state index is 0. The Morgan fingerprint density at radius 3 is 2.00 bits per heavy atom. The van der Waals surface area contributed by atoms with Crippen molar-refractivity contribution in [3.8, 4) is 0 Å². The summed E-state index contributed by atoms with van der Waals surface area (Å²) in [6.07, 6.45) is -0.590. The van der Waals surface area contributed by atoms with Gasteiger partial charge >= 0.3 is 0 Å². The lowest BCUT2D eigenvalue weighted by atomic mass is 10.3. The smallest absolute Gasteiger partial charge is 0.293 e. The Kier molecular flexibility index (Phi) is 13.1. The van der Waals surface area contributed by atoms with Gasteiger partial charge in [0.15, 0.2) is 11.9 Å². The van der Waals surface area contributed by atoms with Crippen LogP contribution in [-0.2, 0) is 14.3 Å². The summed E-state index contributed by atoms with van der Waals surface area (Å²) in [5, 5.41) is 0. The molecule has 0 radical (unpaired) electrons. The number of hydrogen-bond acceptors (Lipinski definition) is 3. The van der Waals surface area contributed by atoms with Gasteiger partial charge in [0, 0.05) is 0 Å². The molecule has 0 bridgehead atoms. The zero-order valence-electron chi connectivity index (χ0n) is 4.88. The standard InChI is InChI=1S/C5H8O3.2CH4/c1-4(7)5(2)8-3-6;;/h3,5H,1-2H3;2*1H4. The van der Waals surface area contributed by atoms with Gasteiger partial charge in [-0.2, -0.15) is 0 Å². The van der Waals surface area contributed by atoms with Gasteiger partial charge in [0.25, 0.3) is 6.47 Å². The third-order valence-corrected chi connectivity index (χ3v) is 0.832. The van der Waals surface area contributed by atoms with Crippen LogP contribution in [0.3, 0.4) is 0 Å². The fraction of sp³-hybridized carbons (Fsp3) is 0.714. The molecule has 0 aliphatic heterocycles. The molecule has 1 atom stereocenters. The van der Waals surface area contributed by atoms with E-state index in [1.165, 1.54) is 13.8 Å². The predicted molar refractivity (Wildman–Crippen MR) is 40.8 cm³/mol. The second-order valence-electron chi connectivity index (χ2n) is 1.49. The summed E-state index contributed by atoms with van der Waals surface area (Å²) in [6.45, 7) is 3.16. The lowest BCUT2D eigenvalue weighted by Crippen LogP contribution is -2.16. The highest BCUT2D eigenvalue weighted by Gasteiger charge is 2.04. The summed E-state index contributed by atoms with van der Waals surface area (Å²) in [7, 11) is 0. The van der Waals surface area contributed by atoms with Crippen molar-refractivity contribution in [3.63, 3.8) is 0 Å². The average Bonchev–Trinajstić information content (AvgIpc) is 1.67. The minimum Gasteiger partial charge on any atom is -0.457 e. The molecule has 0 aromatic rings. The highest BCUT2D eigenvalue weighted by Crippen LogP contribution is 1.86. The van der Waals surface area contributed by atoms with Crippen LogP contribution in [0.15, 0.2) is 0 Å². The van der Waals surface area contributed by atoms with Crippen LogP contribution in [-0.4, -0.2) is 18.4 Å². The third kappa shape index (κ3) is 7.14. The summed E-state index contributed by atoms with van der Waals surface area (Å²) in [4.78, 5) is 19.8. The van der Waals surface area contributed by atoms with Crippen LogP contribution in [0, 0.1) is 0 Å². The second kappa shape index (κ2) is 8.14. The van der Waals surface area contributed by atoms with E-state index in [-0.39, 0.29) is 27.1 Å². The van der Waals surface area contributed by atoms with Crippen molar-refractivity contribution in [2.75, 3.05) is 0 Å². The minimum atomic E-state index is -0.590. The van der Waals surface area contributed by atoms with E-state index in [9.17, 15) is 9.59 Å². The van der Waals surface area contributed by atoms with Gasteiger partial charge in [0.1, 0.15) is 0 Å². The van der Waals surface area contributed by atoms with Crippen LogP contribution in [0.25, 0.3) is 0 Å². The zero-order valence-corrected chi connectivity index (χ0v) is 4.88. The lowest BCUT2D eigenvalue weighted by molar-refractivity contribution is -0.141. The fourth-order valence-electron chi connectivity index (χ4n) is 0.179. The van der Waals surface area contributed by atoms with Crippen molar-refractivity contribution in [1.82, 2.24) is 0 Å². The van der Waals surface area contributed by atoms with Gasteiger partial charge in [-0.15, -0.1) is 0 Å². The van der Waals surface area contributed by atoms with Crippen molar-refractivity contribution in [1.29, 1.82) is 0 Å². The number of carbonyl (C=O) groups excluding carboxylic acids is 2. The summed E-state index contributed by atoms with van der Waals surface area (Å²) >= 11 is 0. The van der Waals surface area contributed by atoms with E-state index < -0.39 is 6.10 Å². The molecule has 0 fully saturated rings. The third-order valence-electron chi connectivity index (χ3n) is 0.832. The van der Waals surface area contributed by atoms with E-state index in [2.05, 4.69) is 4.74 Å². The Hall–Kier alpha value is -0.860. The molecule has 0 aliphatic carbocycles. The van der Waals surface area contributed by atoms with Gasteiger partial charge in [0.05, 0.1) is 0 Å². The molecule has 3 heteroatoms. The van der Waals surface area contributed by atoms with E-state index in [4.69, 9.17) is 0 Å². The number of carbonyl (C=O) groups is 2. The first-order valence-corrected chi connectivity index (χ1v) is 2.28. The first-order valence-electron chi connectivity index (χ1n) is 2.28. The molecule has 10 heavy (non-hydrogen) atoms. The highest BCUT2D eigenvalue weighted by molar-refractivity contribution is 5.80. The summed E-state index contributed by atoms with van der Waals surface area (Å²) in [5.41, 5.74) is 0. The molecule has 0 N–H and O–H groups in total. The maximum atomic E-state index is 10.2. The molecule has 0 aliphatic rings. The van der Waals surface area contributed by atoms with E-state index >= 15 is 0 Å². The Morgan fingerprint density at radius 2 is 1.90 bits per heavy atom. The zero-order chi connectivity index (χ0) is 6.57. The average molecular weight is 148 g/mol. The van der Waals surface area contributed by atoms with Crippen molar-refractivity contribution < 1.29 is 14.3 Å². The number of ether oxygens (including phenoxy) is 1. The molecule has 0 saturated carbocycles. The summed E-state index contributed by atoms with van der Waals surface area (Å²) in [5.74, 6) is -0.142. The van der Waals surface area contributed by atoms with Gasteiger partial charge < -0.3 is 4.74 Å². The Morgan fingerprint density at radius 1 is 1.50 bits per heavy atom. The first kappa shape index (κ1) is 16.1. The number of Topliss-reactive ketones (excluding diaryl/α,β-unsaturated/α-hetero) is 1. The van der Waals surface area contributed by atoms with Gasteiger partial charge in [-0.3, -0.25) is 9.59 Å². The van der Waals surface area contributed by atoms with Crippen LogP contribution < -0.4 is 0 Å². The fourth-order valence-corrected chi connectivity index (χ4v) is 0.179. The molecular weight excluding hydrogens is 132 g/mol. The lowest BCUT2D eigenvalue weighted by Gasteiger charge is -2.01. The Labute approximate surface area is 62.4 Å². The molecule has 0 saturated heterocycles. The molecule has 0 aromatic carbocycles. The highest BCUT2D eigenvalue weighted by atomic mass is 16.5. The molecular formula is C7H16O3. The SMILES string of the molecule is C.C.CC(=O)C(C)OC=O. The topological polar surface area (TPSA) is 43.4 Å². The first-order chi connectivity index (χ1) is 3.68. The molecule has 0 amide bonds. The van der Waals surface area contributed by atoms with Crippen LogP contribution >= 0.6 is 0 Å². The molecule has 62 valence electrons. The van der Waals surface area contributed by atoms with E-state index in [0.29, 0.717) is 0 Å². The predicted octanol–water partition coefficient (Wildman–Crippen LogP) is 1.41. The van der Waals surface area contributed by atoms with Crippen molar-refractivity contribution in [2.45, 2.75) is 34.8 Å². The van der Waals surface area contributed by atoms with Crippen LogP contribution in [0.4, 0.5) is 0 Å². The van der Waals surface area contributed by atoms with Gasteiger partial charge in [-0.05, 0) is 13.8 Å². The molecule has 0 aromatic heterocycles. The monoisotopic (exact) mass is 148 g/mol. The number of hydrogen-bond donors (Lipinski definition) is 0. The maximum Gasteiger partial charge on any atom is 0.293 e. The van der Waals surface area contributed by atoms with Crippen molar-refractivity contribution in [2.24, 2.45) is 0 Å². The Balaban J connectivity index is -0.000000245. The molecule has 0 spiro atoms. The summed E-state index contributed by atoms with van der Waals surface area (Å²) in [6, 6.07) is 0. The van der Waals surface area contributed by atoms with Crippen molar-refractivity contribution in [3.05, 3.63) is 0 Å². The number of ketones is 1. The molecule has 3 nitrogen and oxygen atoms in total. The summed E-state index contributed by atoms with van der Waals surface area (Å²) < 4.78 is 4.27. The maximum absolute atomic E-state index is 10.2. The van der Waals surface area contributed by atoms with Gasteiger partial charge in [-0.25, -0.2) is 0 Å². The van der Waals surface area contributed by atoms with Crippen molar-refractivity contribution >= 4 is 12.3 Å². The van der Waals surface area contributed by atoms with E-state index in [0.717, 1.165) is 0 Å². The molecule has 0 heterocycles. The van der Waals surface area contributed by atoms with Gasteiger partial charge in [0.2, 0.25) is 0 Å². The number of rotatable bonds is 3. The second-order valence-corrected chi connectivity index (χ2v) is 1.49. The Bertz CT molecular complexity index is 99.0. The van der Waals surface area contributed by atoms with Crippen LogP contribution in [0.2, 0.25) is 0 Å². The molecule has 1 unspecified atom stereocenters. The van der Waals surface area contributed by atoms with Crippen LogP contribution in [0.1, 0.15) is 28.7 Å². The normalized spacial score (nSPS) is 9.80. The molecule has 0 rings (SSSR count). The van der Waals surface area contributed by atoms with Crippen LogP contribution in [0.5, 0.6) is 0 Å². The largest absolute Gasteiger partial charge is 0.457 e. The van der Waals surface area contributed by atoms with Gasteiger partial charge in [-0.1, -0.05) is 14.9 Å². The van der Waals surface area contributed by atoms with E-state index in [1.54, 1.807) is 0 Å². The quantitative estimate of drug-likeness (QED) is 0.568.